The van der Waals surface area contributed by atoms with Gasteiger partial charge in [0.05, 0.1) is 6.61 Å². The van der Waals surface area contributed by atoms with Crippen molar-refractivity contribution in [2.24, 2.45) is 0 Å². The van der Waals surface area contributed by atoms with E-state index in [1.807, 2.05) is 18.2 Å². The molecule has 1 atom stereocenters. The third-order valence-corrected chi connectivity index (χ3v) is 2.97. The van der Waals surface area contributed by atoms with E-state index in [-0.39, 0.29) is 0 Å². The molecule has 0 aliphatic rings. The fourth-order valence-corrected chi connectivity index (χ4v) is 1.66. The van der Waals surface area contributed by atoms with Gasteiger partial charge in [0.2, 0.25) is 0 Å². The van der Waals surface area contributed by atoms with Crippen molar-refractivity contribution in [3.8, 4) is 5.75 Å². The van der Waals surface area contributed by atoms with Crippen LogP contribution >= 0.6 is 11.6 Å². The molecule has 0 aromatic heterocycles. The van der Waals surface area contributed by atoms with E-state index in [1.165, 1.54) is 0 Å². The summed E-state index contributed by atoms with van der Waals surface area (Å²) in [6.07, 6.45) is 2.13. The monoisotopic (exact) mass is 255 g/mol. The molecule has 17 heavy (non-hydrogen) atoms. The number of halogens is 1. The van der Waals surface area contributed by atoms with E-state index in [1.54, 1.807) is 0 Å². The normalized spacial score (nSPS) is 12.5. The molecule has 96 valence electrons. The average molecular weight is 256 g/mol. The molecule has 3 heteroatoms. The molecule has 0 bridgehead atoms. The first-order valence-electron chi connectivity index (χ1n) is 6.32. The van der Waals surface area contributed by atoms with Crippen LogP contribution in [-0.4, -0.2) is 12.6 Å². The maximum Gasteiger partial charge on any atom is 0.123 e. The molecule has 0 amide bonds. The zero-order chi connectivity index (χ0) is 12.7. The highest BCUT2D eigenvalue weighted by Gasteiger charge is 2.06. The Morgan fingerprint density at radius 2 is 2.12 bits per heavy atom. The Bertz CT molecular complexity index is 341. The van der Waals surface area contributed by atoms with Gasteiger partial charge in [-0.15, -0.1) is 0 Å². The first kappa shape index (κ1) is 14.3. The first-order chi connectivity index (χ1) is 8.17. The summed E-state index contributed by atoms with van der Waals surface area (Å²) in [6.45, 7) is 8.00. The first-order valence-corrected chi connectivity index (χ1v) is 6.69. The van der Waals surface area contributed by atoms with Gasteiger partial charge in [-0.2, -0.15) is 0 Å². The summed E-state index contributed by atoms with van der Waals surface area (Å²) in [5.74, 6) is 0.937. The molecule has 2 nitrogen and oxygen atoms in total. The van der Waals surface area contributed by atoms with Crippen molar-refractivity contribution < 1.29 is 4.74 Å². The Morgan fingerprint density at radius 1 is 1.35 bits per heavy atom. The Kier molecular flexibility index (Phi) is 6.38. The molecular weight excluding hydrogens is 234 g/mol. The number of rotatable bonds is 7. The lowest BCUT2D eigenvalue weighted by molar-refractivity contribution is 0.312. The third kappa shape index (κ3) is 4.97. The van der Waals surface area contributed by atoms with E-state index in [0.717, 1.165) is 42.3 Å². The van der Waals surface area contributed by atoms with Crippen molar-refractivity contribution in [3.63, 3.8) is 0 Å². The van der Waals surface area contributed by atoms with Crippen molar-refractivity contribution in [2.45, 2.75) is 46.2 Å². The van der Waals surface area contributed by atoms with Gasteiger partial charge in [-0.3, -0.25) is 0 Å². The number of ether oxygens (including phenoxy) is 1. The van der Waals surface area contributed by atoms with E-state index in [9.17, 15) is 0 Å². The summed E-state index contributed by atoms with van der Waals surface area (Å²) in [6, 6.07) is 6.31. The Morgan fingerprint density at radius 3 is 2.76 bits per heavy atom. The minimum Gasteiger partial charge on any atom is -0.493 e. The number of nitrogens with one attached hydrogen (secondary N) is 1. The largest absolute Gasteiger partial charge is 0.493 e. The lowest BCUT2D eigenvalue weighted by Gasteiger charge is -2.15. The molecule has 1 aromatic carbocycles. The van der Waals surface area contributed by atoms with Crippen LogP contribution in [0.1, 0.15) is 39.2 Å². The molecule has 0 radical (unpaired) electrons. The Labute approximate surface area is 109 Å². The van der Waals surface area contributed by atoms with E-state index in [2.05, 4.69) is 26.1 Å². The predicted molar refractivity (Wildman–Crippen MR) is 73.8 cm³/mol. The summed E-state index contributed by atoms with van der Waals surface area (Å²) in [7, 11) is 0. The molecule has 1 rings (SSSR count). The van der Waals surface area contributed by atoms with Crippen LogP contribution < -0.4 is 10.1 Å². The summed E-state index contributed by atoms with van der Waals surface area (Å²) in [5.41, 5.74) is 1.13. The van der Waals surface area contributed by atoms with E-state index in [0.29, 0.717) is 6.04 Å². The van der Waals surface area contributed by atoms with Gasteiger partial charge in [0, 0.05) is 23.2 Å². The van der Waals surface area contributed by atoms with Crippen LogP contribution in [0.3, 0.4) is 0 Å². The molecule has 0 aliphatic carbocycles. The second-order valence-electron chi connectivity index (χ2n) is 4.29. The molecular formula is C14H22ClNO. The van der Waals surface area contributed by atoms with Gasteiger partial charge < -0.3 is 10.1 Å². The highest BCUT2D eigenvalue weighted by Crippen LogP contribution is 2.23. The maximum absolute atomic E-state index is 6.02. The minimum atomic E-state index is 0.507. The number of hydrogen-bond donors (Lipinski definition) is 1. The van der Waals surface area contributed by atoms with Gasteiger partial charge in [0.15, 0.2) is 0 Å². The van der Waals surface area contributed by atoms with Crippen LogP contribution in [0, 0.1) is 0 Å². The summed E-state index contributed by atoms with van der Waals surface area (Å²) in [4.78, 5) is 0. The van der Waals surface area contributed by atoms with Crippen molar-refractivity contribution in [1.29, 1.82) is 0 Å². The lowest BCUT2D eigenvalue weighted by atomic mass is 10.1. The van der Waals surface area contributed by atoms with Gasteiger partial charge in [-0.05, 0) is 38.0 Å². The molecule has 0 saturated heterocycles. The minimum absolute atomic E-state index is 0.507. The van der Waals surface area contributed by atoms with Gasteiger partial charge in [0.25, 0.3) is 0 Å². The average Bonchev–Trinajstić information content (AvgIpc) is 2.34. The van der Waals surface area contributed by atoms with Crippen molar-refractivity contribution in [2.75, 3.05) is 6.61 Å². The molecule has 1 N–H and O–H groups in total. The predicted octanol–water partition coefficient (Wildman–Crippen LogP) is 4.02. The van der Waals surface area contributed by atoms with Gasteiger partial charge >= 0.3 is 0 Å². The van der Waals surface area contributed by atoms with Crippen LogP contribution in [0.5, 0.6) is 5.75 Å². The second-order valence-corrected chi connectivity index (χ2v) is 4.73. The fourth-order valence-electron chi connectivity index (χ4n) is 1.47. The van der Waals surface area contributed by atoms with Crippen molar-refractivity contribution in [3.05, 3.63) is 28.8 Å². The second kappa shape index (κ2) is 7.57. The Balaban J connectivity index is 2.69. The third-order valence-electron chi connectivity index (χ3n) is 2.74. The van der Waals surface area contributed by atoms with E-state index < -0.39 is 0 Å². The molecule has 0 unspecified atom stereocenters. The van der Waals surface area contributed by atoms with Crippen molar-refractivity contribution >= 4 is 11.6 Å². The molecule has 0 fully saturated rings. The quantitative estimate of drug-likeness (QED) is 0.795. The standard InChI is InChI=1S/C14H22ClNO/c1-4-8-17-14-7-6-13(15)9-12(14)10-16-11(3)5-2/h6-7,9,11,16H,4-5,8,10H2,1-3H3/t11-/m1/s1. The van der Waals surface area contributed by atoms with Gasteiger partial charge in [0.1, 0.15) is 5.75 Å². The van der Waals surface area contributed by atoms with Crippen LogP contribution in [0.2, 0.25) is 5.02 Å². The van der Waals surface area contributed by atoms with Crippen LogP contribution in [0.15, 0.2) is 18.2 Å². The van der Waals surface area contributed by atoms with Crippen molar-refractivity contribution in [1.82, 2.24) is 5.32 Å². The fraction of sp³-hybridized carbons (Fsp3) is 0.571. The highest BCUT2D eigenvalue weighted by atomic mass is 35.5. The van der Waals surface area contributed by atoms with E-state index in [4.69, 9.17) is 16.3 Å². The zero-order valence-electron chi connectivity index (χ0n) is 10.9. The summed E-state index contributed by atoms with van der Waals surface area (Å²) < 4.78 is 5.71. The van der Waals surface area contributed by atoms with Gasteiger partial charge in [-0.1, -0.05) is 25.4 Å². The number of hydrogen-bond acceptors (Lipinski definition) is 2. The van der Waals surface area contributed by atoms with Crippen LogP contribution in [0.25, 0.3) is 0 Å². The Hall–Kier alpha value is -0.730. The summed E-state index contributed by atoms with van der Waals surface area (Å²) in [5, 5.41) is 4.21. The zero-order valence-corrected chi connectivity index (χ0v) is 11.7. The maximum atomic E-state index is 6.02. The molecule has 0 aliphatic heterocycles. The smallest absolute Gasteiger partial charge is 0.123 e. The summed E-state index contributed by atoms with van der Waals surface area (Å²) >= 11 is 6.02. The molecule has 0 heterocycles. The van der Waals surface area contributed by atoms with Gasteiger partial charge in [-0.25, -0.2) is 0 Å². The van der Waals surface area contributed by atoms with Crippen LogP contribution in [-0.2, 0) is 6.54 Å². The van der Waals surface area contributed by atoms with Crippen LogP contribution in [0.4, 0.5) is 0 Å². The topological polar surface area (TPSA) is 21.3 Å². The lowest BCUT2D eigenvalue weighted by Crippen LogP contribution is -2.24. The molecule has 1 aromatic rings. The van der Waals surface area contributed by atoms with E-state index >= 15 is 0 Å². The SMILES string of the molecule is CCCOc1ccc(Cl)cc1CN[C@H](C)CC. The molecule has 0 saturated carbocycles. The number of benzene rings is 1. The molecule has 0 spiro atoms. The highest BCUT2D eigenvalue weighted by molar-refractivity contribution is 6.30.